The number of nitrogens with zero attached hydrogens (tertiary/aromatic N) is 3. The summed E-state index contributed by atoms with van der Waals surface area (Å²) in [5, 5.41) is 14.4. The lowest BCUT2D eigenvalue weighted by atomic mass is 9.80. The molecule has 1 N–H and O–H groups in total. The van der Waals surface area contributed by atoms with Gasteiger partial charge in [-0.15, -0.1) is 0 Å². The van der Waals surface area contributed by atoms with Gasteiger partial charge >= 0.3 is 5.97 Å². The van der Waals surface area contributed by atoms with Crippen LogP contribution in [0.15, 0.2) is 67.0 Å². The third kappa shape index (κ3) is 3.27. The van der Waals surface area contributed by atoms with Crippen molar-refractivity contribution in [3.63, 3.8) is 0 Å². The Morgan fingerprint density at radius 1 is 1.18 bits per heavy atom. The van der Waals surface area contributed by atoms with Crippen LogP contribution in [0.25, 0.3) is 5.69 Å². The minimum absolute atomic E-state index is 0.492. The van der Waals surface area contributed by atoms with Gasteiger partial charge in [0, 0.05) is 31.4 Å². The van der Waals surface area contributed by atoms with Crippen LogP contribution in [0.5, 0.6) is 5.75 Å². The summed E-state index contributed by atoms with van der Waals surface area (Å²) in [6.45, 7) is 1.89. The van der Waals surface area contributed by atoms with Crippen LogP contribution in [-0.4, -0.2) is 46.0 Å². The van der Waals surface area contributed by atoms with Crippen molar-refractivity contribution >= 4 is 5.97 Å². The van der Waals surface area contributed by atoms with E-state index >= 15 is 0 Å². The van der Waals surface area contributed by atoms with Gasteiger partial charge in [0.2, 0.25) is 0 Å². The average molecular weight is 377 g/mol. The summed E-state index contributed by atoms with van der Waals surface area (Å²) in [7, 11) is 1.64. The number of hydrogen-bond donors (Lipinski definition) is 1. The van der Waals surface area contributed by atoms with Crippen molar-refractivity contribution in [3.05, 3.63) is 78.1 Å². The molecule has 144 valence electrons. The van der Waals surface area contributed by atoms with Crippen LogP contribution in [-0.2, 0) is 16.8 Å². The highest BCUT2D eigenvalue weighted by atomic mass is 16.5. The Morgan fingerprint density at radius 3 is 2.68 bits per heavy atom. The molecule has 2 heterocycles. The molecule has 0 amide bonds. The monoisotopic (exact) mass is 377 g/mol. The summed E-state index contributed by atoms with van der Waals surface area (Å²) in [5.74, 6) is -0.00166. The Labute approximate surface area is 164 Å². The van der Waals surface area contributed by atoms with Gasteiger partial charge in [0.1, 0.15) is 16.9 Å². The standard InChI is InChI=1S/C22H23N3O3/c1-28-20-10-6-5-9-19(20)25-15-17(13-23-25)14-24-12-11-22(16-24,21(26)27)18-7-3-2-4-8-18/h2-10,13,15H,11-12,14,16H2,1H3,(H,26,27). The molecule has 4 rings (SSSR count). The third-order valence-electron chi connectivity index (χ3n) is 5.46. The quantitative estimate of drug-likeness (QED) is 0.715. The molecule has 0 spiro atoms. The van der Waals surface area contributed by atoms with Crippen LogP contribution in [0, 0.1) is 0 Å². The molecule has 1 atom stereocenters. The molecule has 1 aliphatic rings. The molecule has 28 heavy (non-hydrogen) atoms. The molecule has 3 aromatic rings. The van der Waals surface area contributed by atoms with Gasteiger partial charge in [-0.3, -0.25) is 9.69 Å². The van der Waals surface area contributed by atoms with Gasteiger partial charge in [-0.05, 0) is 24.1 Å². The van der Waals surface area contributed by atoms with Gasteiger partial charge < -0.3 is 9.84 Å². The first kappa shape index (κ1) is 18.3. The second-order valence-corrected chi connectivity index (χ2v) is 7.18. The van der Waals surface area contributed by atoms with Crippen LogP contribution in [0.4, 0.5) is 0 Å². The summed E-state index contributed by atoms with van der Waals surface area (Å²) in [6, 6.07) is 17.3. The number of carboxylic acids is 1. The predicted molar refractivity (Wildman–Crippen MR) is 106 cm³/mol. The first-order valence-corrected chi connectivity index (χ1v) is 9.30. The number of aliphatic carboxylic acids is 1. The molecule has 0 bridgehead atoms. The minimum atomic E-state index is -0.847. The van der Waals surface area contributed by atoms with Crippen molar-refractivity contribution in [1.29, 1.82) is 0 Å². The number of carboxylic acid groups (broad SMARTS) is 1. The fourth-order valence-corrected chi connectivity index (χ4v) is 3.97. The minimum Gasteiger partial charge on any atom is -0.494 e. The second-order valence-electron chi connectivity index (χ2n) is 7.18. The highest BCUT2D eigenvalue weighted by Crippen LogP contribution is 2.35. The number of hydrogen-bond acceptors (Lipinski definition) is 4. The molecular formula is C22H23N3O3. The molecule has 2 aromatic carbocycles. The zero-order chi connectivity index (χ0) is 19.6. The smallest absolute Gasteiger partial charge is 0.315 e. The van der Waals surface area contributed by atoms with Crippen molar-refractivity contribution in [2.75, 3.05) is 20.2 Å². The molecule has 1 aliphatic heterocycles. The molecule has 1 fully saturated rings. The third-order valence-corrected chi connectivity index (χ3v) is 5.46. The van der Waals surface area contributed by atoms with E-state index in [0.717, 1.165) is 29.1 Å². The predicted octanol–water partition coefficient (Wildman–Crippen LogP) is 3.11. The molecule has 6 nitrogen and oxygen atoms in total. The number of aromatic nitrogens is 2. The van der Waals surface area contributed by atoms with Crippen molar-refractivity contribution in [1.82, 2.24) is 14.7 Å². The number of para-hydroxylation sites is 2. The topological polar surface area (TPSA) is 67.6 Å². The highest BCUT2D eigenvalue weighted by Gasteiger charge is 2.46. The number of rotatable bonds is 6. The van der Waals surface area contributed by atoms with Gasteiger partial charge in [-0.25, -0.2) is 4.68 Å². The van der Waals surface area contributed by atoms with Crippen molar-refractivity contribution in [3.8, 4) is 11.4 Å². The molecule has 1 aromatic heterocycles. The van der Waals surface area contributed by atoms with Crippen LogP contribution < -0.4 is 4.74 Å². The summed E-state index contributed by atoms with van der Waals surface area (Å²) in [5.41, 5.74) is 1.94. The van der Waals surface area contributed by atoms with Gasteiger partial charge in [0.15, 0.2) is 0 Å². The van der Waals surface area contributed by atoms with Crippen LogP contribution in [0.3, 0.4) is 0 Å². The molecule has 6 heteroatoms. The first-order valence-electron chi connectivity index (χ1n) is 9.30. The fraction of sp³-hybridized carbons (Fsp3) is 0.273. The maximum Gasteiger partial charge on any atom is 0.315 e. The zero-order valence-electron chi connectivity index (χ0n) is 15.8. The molecular weight excluding hydrogens is 354 g/mol. The molecule has 0 saturated carbocycles. The van der Waals surface area contributed by atoms with Gasteiger partial charge in [0.25, 0.3) is 0 Å². The molecule has 0 radical (unpaired) electrons. The van der Waals surface area contributed by atoms with E-state index in [1.54, 1.807) is 11.8 Å². The van der Waals surface area contributed by atoms with Crippen LogP contribution in [0.2, 0.25) is 0 Å². The molecule has 1 unspecified atom stereocenters. The van der Waals surface area contributed by atoms with Gasteiger partial charge in [-0.1, -0.05) is 42.5 Å². The maximum atomic E-state index is 12.1. The average Bonchev–Trinajstić information content (AvgIpc) is 3.37. The number of benzene rings is 2. The van der Waals surface area contributed by atoms with E-state index in [-0.39, 0.29) is 0 Å². The number of likely N-dealkylation sites (tertiary alicyclic amines) is 1. The lowest BCUT2D eigenvalue weighted by Crippen LogP contribution is -2.38. The SMILES string of the molecule is COc1ccccc1-n1cc(CN2CCC(C(=O)O)(c3ccccc3)C2)cn1. The van der Waals surface area contributed by atoms with Crippen molar-refractivity contribution in [2.45, 2.75) is 18.4 Å². The number of carbonyl (C=O) groups is 1. The summed E-state index contributed by atoms with van der Waals surface area (Å²) in [6.07, 6.45) is 4.41. The van der Waals surface area contributed by atoms with Crippen LogP contribution >= 0.6 is 0 Å². The largest absolute Gasteiger partial charge is 0.494 e. The Bertz CT molecular complexity index is 970. The normalized spacial score (nSPS) is 19.6. The zero-order valence-corrected chi connectivity index (χ0v) is 15.8. The Balaban J connectivity index is 1.52. The maximum absolute atomic E-state index is 12.1. The molecule has 1 saturated heterocycles. The Kier molecular flexibility index (Phi) is 4.88. The lowest BCUT2D eigenvalue weighted by molar-refractivity contribution is -0.143. The van der Waals surface area contributed by atoms with Crippen molar-refractivity contribution < 1.29 is 14.6 Å². The number of ether oxygens (including phenoxy) is 1. The van der Waals surface area contributed by atoms with Crippen LogP contribution in [0.1, 0.15) is 17.5 Å². The van der Waals surface area contributed by atoms with E-state index in [1.165, 1.54) is 0 Å². The van der Waals surface area contributed by atoms with E-state index in [4.69, 9.17) is 4.74 Å². The van der Waals surface area contributed by atoms with Crippen molar-refractivity contribution in [2.24, 2.45) is 0 Å². The van der Waals surface area contributed by atoms with E-state index in [0.29, 0.717) is 19.5 Å². The highest BCUT2D eigenvalue weighted by molar-refractivity contribution is 5.82. The Morgan fingerprint density at radius 2 is 1.93 bits per heavy atom. The van der Waals surface area contributed by atoms with E-state index in [9.17, 15) is 9.90 Å². The van der Waals surface area contributed by atoms with Gasteiger partial charge in [0.05, 0.1) is 13.3 Å². The first-order chi connectivity index (χ1) is 13.6. The summed E-state index contributed by atoms with van der Waals surface area (Å²) < 4.78 is 7.21. The Hall–Kier alpha value is -3.12. The molecule has 0 aliphatic carbocycles. The van der Waals surface area contributed by atoms with E-state index < -0.39 is 11.4 Å². The lowest BCUT2D eigenvalue weighted by Gasteiger charge is -2.25. The van der Waals surface area contributed by atoms with Gasteiger partial charge in [-0.2, -0.15) is 5.10 Å². The fourth-order valence-electron chi connectivity index (χ4n) is 3.97. The van der Waals surface area contributed by atoms with E-state index in [2.05, 4.69) is 10.00 Å². The van der Waals surface area contributed by atoms with E-state index in [1.807, 2.05) is 67.0 Å². The summed E-state index contributed by atoms with van der Waals surface area (Å²) in [4.78, 5) is 14.3. The second kappa shape index (κ2) is 7.48. The summed E-state index contributed by atoms with van der Waals surface area (Å²) >= 11 is 0. The number of methoxy groups -OCH3 is 1.